The van der Waals surface area contributed by atoms with Crippen molar-refractivity contribution in [1.29, 1.82) is 0 Å². The number of nitrogens with one attached hydrogen (secondary N) is 1. The molecule has 0 aliphatic rings. The van der Waals surface area contributed by atoms with Crippen molar-refractivity contribution in [2.75, 3.05) is 12.4 Å². The first-order valence-electron chi connectivity index (χ1n) is 6.46. The minimum Gasteiger partial charge on any atom is -0.465 e. The van der Waals surface area contributed by atoms with Crippen molar-refractivity contribution in [3.05, 3.63) is 63.7 Å². The van der Waals surface area contributed by atoms with Gasteiger partial charge in [0.1, 0.15) is 5.69 Å². The second-order valence-electron chi connectivity index (χ2n) is 4.55. The number of rotatable bonds is 5. The van der Waals surface area contributed by atoms with Gasteiger partial charge in [-0.1, -0.05) is 0 Å². The number of carbonyl (C=O) groups is 2. The van der Waals surface area contributed by atoms with Crippen molar-refractivity contribution >= 4 is 28.9 Å². The van der Waals surface area contributed by atoms with Gasteiger partial charge in [-0.05, 0) is 36.4 Å². The van der Waals surface area contributed by atoms with Crippen molar-refractivity contribution in [3.63, 3.8) is 0 Å². The Labute approximate surface area is 131 Å². The smallest absolute Gasteiger partial charge is 0.337 e. The molecule has 23 heavy (non-hydrogen) atoms. The third kappa shape index (κ3) is 3.62. The molecule has 0 spiro atoms. The lowest BCUT2D eigenvalue weighted by atomic mass is 10.1. The molecule has 118 valence electrons. The van der Waals surface area contributed by atoms with Crippen LogP contribution in [-0.2, 0) is 4.74 Å². The molecule has 1 amide bonds. The van der Waals surface area contributed by atoms with Crippen LogP contribution in [0.4, 0.5) is 17.1 Å². The summed E-state index contributed by atoms with van der Waals surface area (Å²) in [6, 6.07) is 10.1. The van der Waals surface area contributed by atoms with Crippen LogP contribution in [0.2, 0.25) is 0 Å². The first-order chi connectivity index (χ1) is 10.9. The number of hydrogen-bond donors (Lipinski definition) is 2. The molecule has 0 aromatic heterocycles. The van der Waals surface area contributed by atoms with Crippen molar-refractivity contribution in [2.45, 2.75) is 0 Å². The van der Waals surface area contributed by atoms with E-state index in [-0.39, 0.29) is 16.9 Å². The predicted molar refractivity (Wildman–Crippen MR) is 82.7 cm³/mol. The van der Waals surface area contributed by atoms with Gasteiger partial charge in [-0.15, -0.1) is 0 Å². The highest BCUT2D eigenvalue weighted by Gasteiger charge is 2.17. The van der Waals surface area contributed by atoms with E-state index in [2.05, 4.69) is 10.1 Å². The number of methoxy groups -OCH3 is 1. The number of nitro groups is 1. The monoisotopic (exact) mass is 315 g/mol. The molecule has 0 atom stereocenters. The molecule has 2 rings (SSSR count). The molecule has 3 N–H and O–H groups in total. The van der Waals surface area contributed by atoms with Crippen LogP contribution in [0.1, 0.15) is 20.7 Å². The van der Waals surface area contributed by atoms with Crippen molar-refractivity contribution in [1.82, 2.24) is 0 Å². The molecule has 0 saturated heterocycles. The molecule has 0 bridgehead atoms. The number of nitrogens with zero attached hydrogens (tertiary/aromatic N) is 1. The van der Waals surface area contributed by atoms with Crippen LogP contribution >= 0.6 is 0 Å². The van der Waals surface area contributed by atoms with Gasteiger partial charge >= 0.3 is 5.97 Å². The summed E-state index contributed by atoms with van der Waals surface area (Å²) < 4.78 is 4.59. The van der Waals surface area contributed by atoms with Crippen LogP contribution in [0.5, 0.6) is 0 Å². The molecule has 8 heteroatoms. The summed E-state index contributed by atoms with van der Waals surface area (Å²) in [5.74, 6) is -1.23. The van der Waals surface area contributed by atoms with Gasteiger partial charge in [-0.25, -0.2) is 4.79 Å². The number of nitro benzene ring substituents is 1. The van der Waals surface area contributed by atoms with E-state index in [9.17, 15) is 19.7 Å². The second kappa shape index (κ2) is 6.56. The largest absolute Gasteiger partial charge is 0.465 e. The van der Waals surface area contributed by atoms with E-state index in [1.165, 1.54) is 31.4 Å². The van der Waals surface area contributed by atoms with Crippen LogP contribution in [-0.4, -0.2) is 23.9 Å². The summed E-state index contributed by atoms with van der Waals surface area (Å²) in [7, 11) is 1.28. The first-order valence-corrected chi connectivity index (χ1v) is 6.46. The van der Waals surface area contributed by atoms with Gasteiger partial charge in [0, 0.05) is 17.3 Å². The highest BCUT2D eigenvalue weighted by Crippen LogP contribution is 2.28. The van der Waals surface area contributed by atoms with E-state index in [1.54, 1.807) is 12.1 Å². The zero-order valence-electron chi connectivity index (χ0n) is 12.1. The number of nitrogens with two attached hydrogens (primary N) is 1. The number of esters is 1. The fourth-order valence-electron chi connectivity index (χ4n) is 1.90. The molecule has 0 unspecified atom stereocenters. The molecular formula is C15H13N3O5. The Morgan fingerprint density at radius 2 is 1.74 bits per heavy atom. The Morgan fingerprint density at radius 1 is 1.13 bits per heavy atom. The van der Waals surface area contributed by atoms with Gasteiger partial charge < -0.3 is 15.8 Å². The Balaban J connectivity index is 2.30. The fraction of sp³-hybridized carbons (Fsp3) is 0.0667. The van der Waals surface area contributed by atoms with Crippen LogP contribution in [0.25, 0.3) is 0 Å². The van der Waals surface area contributed by atoms with E-state index < -0.39 is 16.8 Å². The molecule has 0 aliphatic carbocycles. The third-order valence-electron chi connectivity index (χ3n) is 3.06. The molecule has 8 nitrogen and oxygen atoms in total. The molecule has 0 fully saturated rings. The topological polar surface area (TPSA) is 125 Å². The van der Waals surface area contributed by atoms with E-state index in [0.29, 0.717) is 11.3 Å². The van der Waals surface area contributed by atoms with Gasteiger partial charge in [0.05, 0.1) is 17.6 Å². The summed E-state index contributed by atoms with van der Waals surface area (Å²) >= 11 is 0. The number of amides is 1. The lowest BCUT2D eigenvalue weighted by molar-refractivity contribution is -0.383. The van der Waals surface area contributed by atoms with Crippen LogP contribution in [0, 0.1) is 10.1 Å². The quantitative estimate of drug-likeness (QED) is 0.495. The van der Waals surface area contributed by atoms with Gasteiger partial charge in [0.2, 0.25) is 5.91 Å². The third-order valence-corrected chi connectivity index (χ3v) is 3.06. The van der Waals surface area contributed by atoms with Crippen LogP contribution in [0.15, 0.2) is 42.5 Å². The summed E-state index contributed by atoms with van der Waals surface area (Å²) in [5.41, 5.74) is 5.98. The molecule has 0 saturated carbocycles. The van der Waals surface area contributed by atoms with Crippen LogP contribution < -0.4 is 11.1 Å². The number of primary amides is 1. The van der Waals surface area contributed by atoms with Gasteiger partial charge in [0.25, 0.3) is 5.69 Å². The van der Waals surface area contributed by atoms with E-state index >= 15 is 0 Å². The number of hydrogen-bond acceptors (Lipinski definition) is 6. The molecule has 0 aliphatic heterocycles. The molecule has 2 aromatic carbocycles. The highest BCUT2D eigenvalue weighted by atomic mass is 16.6. The zero-order valence-corrected chi connectivity index (χ0v) is 12.1. The lowest BCUT2D eigenvalue weighted by Gasteiger charge is -2.08. The summed E-state index contributed by atoms with van der Waals surface area (Å²) in [4.78, 5) is 33.0. The minimum absolute atomic E-state index is 0.0447. The Hall–Kier alpha value is -3.42. The summed E-state index contributed by atoms with van der Waals surface area (Å²) in [6.07, 6.45) is 0. The van der Waals surface area contributed by atoms with Crippen molar-refractivity contribution in [2.24, 2.45) is 5.73 Å². The predicted octanol–water partition coefficient (Wildman–Crippen LogP) is 2.22. The number of carbonyl (C=O) groups excluding carboxylic acids is 2. The van der Waals surface area contributed by atoms with E-state index in [0.717, 1.165) is 6.07 Å². The van der Waals surface area contributed by atoms with Gasteiger partial charge in [-0.3, -0.25) is 14.9 Å². The molecule has 0 radical (unpaired) electrons. The van der Waals surface area contributed by atoms with Crippen molar-refractivity contribution in [3.8, 4) is 0 Å². The number of ether oxygens (including phenoxy) is 1. The Bertz CT molecular complexity index is 771. The minimum atomic E-state index is -0.748. The molecule has 2 aromatic rings. The maximum absolute atomic E-state index is 11.4. The number of benzene rings is 2. The second-order valence-corrected chi connectivity index (χ2v) is 4.55. The van der Waals surface area contributed by atoms with Crippen molar-refractivity contribution < 1.29 is 19.2 Å². The SMILES string of the molecule is COC(=O)c1ccc(Nc2ccc(C(N)=O)cc2[N+](=O)[O-])cc1. The maximum Gasteiger partial charge on any atom is 0.337 e. The zero-order chi connectivity index (χ0) is 17.0. The Kier molecular flexibility index (Phi) is 4.55. The van der Waals surface area contributed by atoms with E-state index in [1.807, 2.05) is 0 Å². The van der Waals surface area contributed by atoms with Gasteiger partial charge in [0.15, 0.2) is 0 Å². The lowest BCUT2D eigenvalue weighted by Crippen LogP contribution is -2.11. The standard InChI is InChI=1S/C15H13N3O5/c1-23-15(20)9-2-5-11(6-3-9)17-12-7-4-10(14(16)19)8-13(12)18(21)22/h2-8,17H,1H3,(H2,16,19). The Morgan fingerprint density at radius 3 is 2.26 bits per heavy atom. The fourth-order valence-corrected chi connectivity index (χ4v) is 1.90. The first kappa shape index (κ1) is 16.0. The summed E-state index contributed by atoms with van der Waals surface area (Å²) in [6.45, 7) is 0. The number of anilines is 2. The normalized spacial score (nSPS) is 9.96. The van der Waals surface area contributed by atoms with Crippen LogP contribution in [0.3, 0.4) is 0 Å². The average Bonchev–Trinajstić information content (AvgIpc) is 2.54. The average molecular weight is 315 g/mol. The molecule has 0 heterocycles. The maximum atomic E-state index is 11.4. The summed E-state index contributed by atoms with van der Waals surface area (Å²) in [5, 5.41) is 14.0. The highest BCUT2D eigenvalue weighted by molar-refractivity contribution is 5.94. The van der Waals surface area contributed by atoms with E-state index in [4.69, 9.17) is 5.73 Å². The van der Waals surface area contributed by atoms with Gasteiger partial charge in [-0.2, -0.15) is 0 Å². The molecular weight excluding hydrogens is 302 g/mol.